The Morgan fingerprint density at radius 1 is 1.03 bits per heavy atom. The van der Waals surface area contributed by atoms with Crippen molar-refractivity contribution in [3.8, 4) is 16.9 Å². The molecule has 0 saturated carbocycles. The summed E-state index contributed by atoms with van der Waals surface area (Å²) < 4.78 is 33.0. The number of ether oxygens (including phenoxy) is 1. The Morgan fingerprint density at radius 2 is 1.77 bits per heavy atom. The molecule has 0 heterocycles. The smallest absolute Gasteiger partial charge is 0.317 e. The minimum atomic E-state index is -0.907. The van der Waals surface area contributed by atoms with E-state index in [1.165, 1.54) is 6.07 Å². The van der Waals surface area contributed by atoms with E-state index in [9.17, 15) is 13.6 Å². The number of aliphatic carboxylic acids is 1. The molecule has 0 saturated heterocycles. The van der Waals surface area contributed by atoms with E-state index in [0.29, 0.717) is 35.9 Å². The van der Waals surface area contributed by atoms with E-state index in [2.05, 4.69) is 0 Å². The summed E-state index contributed by atoms with van der Waals surface area (Å²) in [5, 5.41) is 9.48. The molecule has 0 aliphatic rings. The molecule has 0 aromatic heterocycles. The molecule has 0 fully saturated rings. The number of carboxylic acid groups (broad SMARTS) is 1. The SMILES string of the molecule is CN(CCOc1ccc(-c2ccc(F)c(F)c2)cc1Cc1cccc(Cl)c1)CC(=O)O. The highest BCUT2D eigenvalue weighted by atomic mass is 35.5. The molecule has 3 rings (SSSR count). The first-order chi connectivity index (χ1) is 14.8. The number of carbonyl (C=O) groups is 1. The van der Waals surface area contributed by atoms with Gasteiger partial charge in [-0.25, -0.2) is 8.78 Å². The zero-order valence-electron chi connectivity index (χ0n) is 16.9. The molecule has 0 aliphatic heterocycles. The molecule has 0 radical (unpaired) electrons. The fourth-order valence-corrected chi connectivity index (χ4v) is 3.41. The van der Waals surface area contributed by atoms with Crippen molar-refractivity contribution in [3.63, 3.8) is 0 Å². The van der Waals surface area contributed by atoms with Crippen LogP contribution in [0.3, 0.4) is 0 Å². The van der Waals surface area contributed by atoms with Crippen LogP contribution in [0.5, 0.6) is 5.75 Å². The molecule has 0 bridgehead atoms. The normalized spacial score (nSPS) is 11.0. The summed E-state index contributed by atoms with van der Waals surface area (Å²) in [4.78, 5) is 12.4. The van der Waals surface area contributed by atoms with Gasteiger partial charge in [0.25, 0.3) is 0 Å². The molecule has 3 aromatic rings. The van der Waals surface area contributed by atoms with Gasteiger partial charge < -0.3 is 9.84 Å². The van der Waals surface area contributed by atoms with Crippen LogP contribution in [0, 0.1) is 11.6 Å². The number of hydrogen-bond acceptors (Lipinski definition) is 3. The highest BCUT2D eigenvalue weighted by Gasteiger charge is 2.11. The molecule has 1 N–H and O–H groups in total. The first-order valence-corrected chi connectivity index (χ1v) is 10.1. The van der Waals surface area contributed by atoms with Crippen molar-refractivity contribution in [1.29, 1.82) is 0 Å². The van der Waals surface area contributed by atoms with E-state index >= 15 is 0 Å². The van der Waals surface area contributed by atoms with Crippen molar-refractivity contribution in [2.75, 3.05) is 26.7 Å². The standard InChI is InChI=1S/C24H22ClF2NO3/c1-28(15-24(29)30)9-10-31-23-8-6-17(18-5-7-21(26)22(27)14-18)13-19(23)11-16-3-2-4-20(25)12-16/h2-8,12-14H,9-11,15H2,1H3,(H,29,30). The third-order valence-corrected chi connectivity index (χ3v) is 4.97. The molecule has 0 aliphatic carbocycles. The van der Waals surface area contributed by atoms with Crippen LogP contribution in [-0.2, 0) is 11.2 Å². The highest BCUT2D eigenvalue weighted by Crippen LogP contribution is 2.30. The molecule has 7 heteroatoms. The lowest BCUT2D eigenvalue weighted by Gasteiger charge is -2.17. The molecule has 0 atom stereocenters. The Morgan fingerprint density at radius 3 is 2.48 bits per heavy atom. The van der Waals surface area contributed by atoms with Gasteiger partial charge in [-0.2, -0.15) is 0 Å². The third kappa shape index (κ3) is 6.51. The molecule has 3 aromatic carbocycles. The van der Waals surface area contributed by atoms with Gasteiger partial charge in [0.05, 0.1) is 6.54 Å². The second kappa shape index (κ2) is 10.4. The lowest BCUT2D eigenvalue weighted by Crippen LogP contribution is -2.29. The number of rotatable bonds is 9. The van der Waals surface area contributed by atoms with Crippen LogP contribution >= 0.6 is 11.6 Å². The first-order valence-electron chi connectivity index (χ1n) is 9.68. The van der Waals surface area contributed by atoms with Crippen LogP contribution in [0.25, 0.3) is 11.1 Å². The average molecular weight is 446 g/mol. The van der Waals surface area contributed by atoms with Crippen LogP contribution in [0.15, 0.2) is 60.7 Å². The topological polar surface area (TPSA) is 49.8 Å². The van der Waals surface area contributed by atoms with Crippen LogP contribution in [0.1, 0.15) is 11.1 Å². The molecule has 162 valence electrons. The molecule has 31 heavy (non-hydrogen) atoms. The Hall–Kier alpha value is -2.96. The molecule has 0 unspecified atom stereocenters. The molecular weight excluding hydrogens is 424 g/mol. The maximum absolute atomic E-state index is 13.7. The Kier molecular flexibility index (Phi) is 7.60. The van der Waals surface area contributed by atoms with Crippen molar-refractivity contribution >= 4 is 17.6 Å². The monoisotopic (exact) mass is 445 g/mol. The van der Waals surface area contributed by atoms with Crippen molar-refractivity contribution < 1.29 is 23.4 Å². The predicted molar refractivity (Wildman–Crippen MR) is 117 cm³/mol. The molecule has 0 spiro atoms. The molecular formula is C24H22ClF2NO3. The minimum absolute atomic E-state index is 0.0756. The lowest BCUT2D eigenvalue weighted by molar-refractivity contribution is -0.138. The molecule has 0 amide bonds. The van der Waals surface area contributed by atoms with Crippen molar-refractivity contribution in [2.24, 2.45) is 0 Å². The summed E-state index contributed by atoms with van der Waals surface area (Å²) in [7, 11) is 1.70. The van der Waals surface area contributed by atoms with Crippen molar-refractivity contribution in [3.05, 3.63) is 88.4 Å². The van der Waals surface area contributed by atoms with E-state index in [0.717, 1.165) is 28.8 Å². The molecule has 4 nitrogen and oxygen atoms in total. The summed E-state index contributed by atoms with van der Waals surface area (Å²) in [6.07, 6.45) is 0.526. The number of nitrogens with zero attached hydrogens (tertiary/aromatic N) is 1. The largest absolute Gasteiger partial charge is 0.492 e. The summed E-state index contributed by atoms with van der Waals surface area (Å²) >= 11 is 6.11. The van der Waals surface area contributed by atoms with Gasteiger partial charge in [-0.1, -0.05) is 35.9 Å². The van der Waals surface area contributed by atoms with Crippen LogP contribution in [0.2, 0.25) is 5.02 Å². The van der Waals surface area contributed by atoms with Crippen LogP contribution in [0.4, 0.5) is 8.78 Å². The fraction of sp³-hybridized carbons (Fsp3) is 0.208. The van der Waals surface area contributed by atoms with Gasteiger partial charge in [0.15, 0.2) is 11.6 Å². The zero-order chi connectivity index (χ0) is 22.4. The van der Waals surface area contributed by atoms with Crippen molar-refractivity contribution in [1.82, 2.24) is 4.90 Å². The second-order valence-corrected chi connectivity index (χ2v) is 7.67. The third-order valence-electron chi connectivity index (χ3n) is 4.73. The summed E-state index contributed by atoms with van der Waals surface area (Å²) in [5.41, 5.74) is 3.11. The van der Waals surface area contributed by atoms with E-state index in [1.807, 2.05) is 24.3 Å². The maximum atomic E-state index is 13.7. The van der Waals surface area contributed by atoms with Crippen LogP contribution < -0.4 is 4.74 Å². The Labute approximate surface area is 184 Å². The summed E-state index contributed by atoms with van der Waals surface area (Å²) in [6.45, 7) is 0.665. The lowest BCUT2D eigenvalue weighted by atomic mass is 9.98. The van der Waals surface area contributed by atoms with E-state index < -0.39 is 17.6 Å². The van der Waals surface area contributed by atoms with Gasteiger partial charge in [-0.3, -0.25) is 9.69 Å². The van der Waals surface area contributed by atoms with Crippen LogP contribution in [-0.4, -0.2) is 42.7 Å². The van der Waals surface area contributed by atoms with Gasteiger partial charge in [0, 0.05) is 18.0 Å². The fourth-order valence-electron chi connectivity index (χ4n) is 3.20. The average Bonchev–Trinajstić information content (AvgIpc) is 2.70. The number of benzene rings is 3. The second-order valence-electron chi connectivity index (χ2n) is 7.24. The Bertz CT molecular complexity index is 1070. The van der Waals surface area contributed by atoms with E-state index in [1.54, 1.807) is 30.1 Å². The summed E-state index contributed by atoms with van der Waals surface area (Å²) in [5.74, 6) is -2.07. The number of likely N-dealkylation sites (N-methyl/N-ethyl adjacent to an activating group) is 1. The number of hydrogen-bond donors (Lipinski definition) is 1. The highest BCUT2D eigenvalue weighted by molar-refractivity contribution is 6.30. The van der Waals surface area contributed by atoms with Crippen molar-refractivity contribution in [2.45, 2.75) is 6.42 Å². The number of carboxylic acids is 1. The summed E-state index contributed by atoms with van der Waals surface area (Å²) in [6, 6.07) is 16.7. The van der Waals surface area contributed by atoms with Gasteiger partial charge >= 0.3 is 5.97 Å². The zero-order valence-corrected chi connectivity index (χ0v) is 17.7. The number of halogens is 3. The first kappa shape index (κ1) is 22.7. The maximum Gasteiger partial charge on any atom is 0.317 e. The van der Waals surface area contributed by atoms with Gasteiger partial charge in [-0.15, -0.1) is 0 Å². The van der Waals surface area contributed by atoms with Gasteiger partial charge in [0.1, 0.15) is 12.4 Å². The quantitative estimate of drug-likeness (QED) is 0.487. The van der Waals surface area contributed by atoms with E-state index in [4.69, 9.17) is 21.4 Å². The van der Waals surface area contributed by atoms with Gasteiger partial charge in [-0.05, 0) is 65.7 Å². The van der Waals surface area contributed by atoms with E-state index in [-0.39, 0.29) is 6.54 Å². The van der Waals surface area contributed by atoms with Gasteiger partial charge in [0.2, 0.25) is 0 Å². The predicted octanol–water partition coefficient (Wildman–Crippen LogP) is 5.27. The Balaban J connectivity index is 1.86. The minimum Gasteiger partial charge on any atom is -0.492 e.